The summed E-state index contributed by atoms with van der Waals surface area (Å²) in [5.74, 6) is -2.67. The van der Waals surface area contributed by atoms with Gasteiger partial charge in [-0.25, -0.2) is 9.59 Å². The third kappa shape index (κ3) is 4.90. The van der Waals surface area contributed by atoms with Crippen LogP contribution in [-0.2, 0) is 9.53 Å². The molecule has 8 nitrogen and oxygen atoms in total. The summed E-state index contributed by atoms with van der Waals surface area (Å²) in [7, 11) is 0. The van der Waals surface area contributed by atoms with E-state index in [1.165, 1.54) is 54.6 Å². The molecular weight excluding hydrogens is 481 g/mol. The van der Waals surface area contributed by atoms with Crippen molar-refractivity contribution in [3.63, 3.8) is 0 Å². The van der Waals surface area contributed by atoms with Gasteiger partial charge in [-0.2, -0.15) is 23.3 Å². The van der Waals surface area contributed by atoms with Gasteiger partial charge in [0.1, 0.15) is 11.5 Å². The lowest BCUT2D eigenvalue weighted by Crippen LogP contribution is -2.25. The number of carboxylic acids is 1. The first-order valence-electron chi connectivity index (χ1n) is 10.5. The van der Waals surface area contributed by atoms with E-state index in [4.69, 9.17) is 14.3 Å². The van der Waals surface area contributed by atoms with E-state index in [9.17, 15) is 27.6 Å². The number of esters is 1. The Bertz CT molecular complexity index is 1400. The largest absolute Gasteiger partial charge is 0.478 e. The topological polar surface area (TPSA) is 109 Å². The highest BCUT2D eigenvalue weighted by Gasteiger charge is 2.47. The van der Waals surface area contributed by atoms with Crippen molar-refractivity contribution in [3.8, 4) is 11.3 Å². The van der Waals surface area contributed by atoms with E-state index in [0.29, 0.717) is 10.6 Å². The van der Waals surface area contributed by atoms with Crippen LogP contribution in [0.5, 0.6) is 0 Å². The summed E-state index contributed by atoms with van der Waals surface area (Å²) >= 11 is 0. The van der Waals surface area contributed by atoms with Crippen LogP contribution in [0.4, 0.5) is 18.9 Å². The maximum absolute atomic E-state index is 13.7. The number of hydrogen-bond acceptors (Lipinski definition) is 6. The molecular formula is C25H17F3N2O6. The number of aromatic carboxylic acids is 1. The van der Waals surface area contributed by atoms with E-state index in [1.807, 2.05) is 0 Å². The van der Waals surface area contributed by atoms with Crippen molar-refractivity contribution >= 4 is 35.3 Å². The number of amides is 1. The molecule has 4 rings (SSSR count). The third-order valence-corrected chi connectivity index (χ3v) is 5.08. The zero-order valence-corrected chi connectivity index (χ0v) is 18.6. The number of hydrazone groups is 1. The van der Waals surface area contributed by atoms with E-state index >= 15 is 0 Å². The predicted octanol–water partition coefficient (Wildman–Crippen LogP) is 5.17. The molecule has 0 spiro atoms. The fourth-order valence-electron chi connectivity index (χ4n) is 3.42. The van der Waals surface area contributed by atoms with Crippen LogP contribution in [0.25, 0.3) is 17.4 Å². The molecule has 0 bridgehead atoms. The van der Waals surface area contributed by atoms with Crippen molar-refractivity contribution in [1.82, 2.24) is 0 Å². The molecule has 11 heteroatoms. The van der Waals surface area contributed by atoms with Gasteiger partial charge in [-0.15, -0.1) is 0 Å². The lowest BCUT2D eigenvalue weighted by molar-refractivity contribution is -0.114. The molecule has 1 aliphatic heterocycles. The first-order valence-corrected chi connectivity index (χ1v) is 10.5. The van der Waals surface area contributed by atoms with Gasteiger partial charge in [0.25, 0.3) is 5.91 Å². The summed E-state index contributed by atoms with van der Waals surface area (Å²) in [5, 5.41) is 13.2. The van der Waals surface area contributed by atoms with Crippen LogP contribution in [0.1, 0.15) is 33.4 Å². The summed E-state index contributed by atoms with van der Waals surface area (Å²) in [6, 6.07) is 13.8. The minimum Gasteiger partial charge on any atom is -0.478 e. The first-order chi connectivity index (χ1) is 17.1. The molecule has 2 aromatic carbocycles. The summed E-state index contributed by atoms with van der Waals surface area (Å²) < 4.78 is 51.6. The Balaban J connectivity index is 1.66. The zero-order valence-electron chi connectivity index (χ0n) is 18.6. The van der Waals surface area contributed by atoms with Gasteiger partial charge < -0.3 is 14.3 Å². The molecule has 1 N–H and O–H groups in total. The Kier molecular flexibility index (Phi) is 6.47. The number of halogens is 3. The second-order valence-electron chi connectivity index (χ2n) is 7.48. The predicted molar refractivity (Wildman–Crippen MR) is 122 cm³/mol. The van der Waals surface area contributed by atoms with Gasteiger partial charge in [0.05, 0.1) is 29.0 Å². The van der Waals surface area contributed by atoms with Crippen molar-refractivity contribution in [3.05, 3.63) is 83.1 Å². The second-order valence-corrected chi connectivity index (χ2v) is 7.48. The number of benzene rings is 2. The molecule has 2 heterocycles. The lowest BCUT2D eigenvalue weighted by atomic mass is 10.1. The van der Waals surface area contributed by atoms with Gasteiger partial charge in [0.15, 0.2) is 5.71 Å². The molecule has 184 valence electrons. The minimum absolute atomic E-state index is 0.00545. The van der Waals surface area contributed by atoms with Gasteiger partial charge in [-0.1, -0.05) is 12.1 Å². The molecule has 36 heavy (non-hydrogen) atoms. The van der Waals surface area contributed by atoms with E-state index in [2.05, 4.69) is 5.10 Å². The number of hydrogen-bond donors (Lipinski definition) is 1. The number of anilines is 1. The molecule has 0 unspecified atom stereocenters. The van der Waals surface area contributed by atoms with E-state index < -0.39 is 35.3 Å². The molecule has 0 atom stereocenters. The molecule has 0 saturated carbocycles. The lowest BCUT2D eigenvalue weighted by Gasteiger charge is -2.12. The van der Waals surface area contributed by atoms with E-state index in [0.717, 1.165) is 6.08 Å². The highest BCUT2D eigenvalue weighted by Crippen LogP contribution is 2.33. The zero-order chi connectivity index (χ0) is 26.0. The SMILES string of the molecule is CCOC(=O)c1ccc(N2N=C(C(F)(F)F)C(=Cc3ccc(-c4cccc(C(=O)O)c4)o3)C2=O)cc1. The van der Waals surface area contributed by atoms with Crippen molar-refractivity contribution in [2.24, 2.45) is 5.10 Å². The number of nitrogens with zero attached hydrogens (tertiary/aromatic N) is 2. The minimum atomic E-state index is -4.94. The number of carboxylic acid groups (broad SMARTS) is 1. The van der Waals surface area contributed by atoms with Crippen LogP contribution in [-0.4, -0.2) is 41.4 Å². The van der Waals surface area contributed by atoms with Gasteiger partial charge in [0.2, 0.25) is 0 Å². The molecule has 0 radical (unpaired) electrons. The van der Waals surface area contributed by atoms with Crippen LogP contribution in [0.15, 0.2) is 75.8 Å². The van der Waals surface area contributed by atoms with Crippen molar-refractivity contribution in [1.29, 1.82) is 0 Å². The van der Waals surface area contributed by atoms with Gasteiger partial charge in [-0.05, 0) is 61.5 Å². The fraction of sp³-hybridized carbons (Fsp3) is 0.120. The molecule has 1 aliphatic rings. The maximum atomic E-state index is 13.7. The van der Waals surface area contributed by atoms with Crippen LogP contribution in [0.3, 0.4) is 0 Å². The van der Waals surface area contributed by atoms with Crippen LogP contribution in [0, 0.1) is 0 Å². The molecule has 1 amide bonds. The van der Waals surface area contributed by atoms with Crippen LogP contribution >= 0.6 is 0 Å². The van der Waals surface area contributed by atoms with Crippen molar-refractivity contribution in [2.45, 2.75) is 13.1 Å². The summed E-state index contributed by atoms with van der Waals surface area (Å²) in [6.07, 6.45) is -4.02. The van der Waals surface area contributed by atoms with Crippen molar-refractivity contribution < 1.29 is 41.8 Å². The quantitative estimate of drug-likeness (QED) is 0.371. The van der Waals surface area contributed by atoms with E-state index in [1.54, 1.807) is 13.0 Å². The molecule has 0 saturated heterocycles. The fourth-order valence-corrected chi connectivity index (χ4v) is 3.42. The normalized spacial score (nSPS) is 14.8. The highest BCUT2D eigenvalue weighted by molar-refractivity contribution is 6.34. The monoisotopic (exact) mass is 498 g/mol. The Hall–Kier alpha value is -4.67. The number of carbonyl (C=O) groups is 3. The number of carbonyl (C=O) groups excluding carboxylic acids is 2. The third-order valence-electron chi connectivity index (χ3n) is 5.08. The van der Waals surface area contributed by atoms with Gasteiger partial charge in [0, 0.05) is 5.56 Å². The van der Waals surface area contributed by atoms with Crippen LogP contribution in [0.2, 0.25) is 0 Å². The Morgan fingerprint density at radius 2 is 1.81 bits per heavy atom. The highest BCUT2D eigenvalue weighted by atomic mass is 19.4. The summed E-state index contributed by atoms with van der Waals surface area (Å²) in [4.78, 5) is 35.9. The molecule has 0 aliphatic carbocycles. The van der Waals surface area contributed by atoms with Crippen LogP contribution < -0.4 is 5.01 Å². The standard InChI is InChI=1S/C25H17F3N2O6/c1-2-35-24(34)14-6-8-17(9-7-14)30-22(31)19(21(29-30)25(26,27)28)13-18-10-11-20(36-18)15-4-3-5-16(12-15)23(32)33/h3-13H,2H2,1H3,(H,32,33). The summed E-state index contributed by atoms with van der Waals surface area (Å²) in [5.41, 5.74) is -1.57. The maximum Gasteiger partial charge on any atom is 0.435 e. The van der Waals surface area contributed by atoms with E-state index in [-0.39, 0.29) is 34.9 Å². The molecule has 3 aromatic rings. The van der Waals surface area contributed by atoms with Gasteiger partial charge in [-0.3, -0.25) is 4.79 Å². The van der Waals surface area contributed by atoms with Crippen molar-refractivity contribution in [2.75, 3.05) is 11.6 Å². The average molecular weight is 498 g/mol. The number of ether oxygens (including phenoxy) is 1. The Labute approximate surface area is 201 Å². The Morgan fingerprint density at radius 3 is 2.44 bits per heavy atom. The Morgan fingerprint density at radius 1 is 1.08 bits per heavy atom. The molecule has 0 fully saturated rings. The smallest absolute Gasteiger partial charge is 0.435 e. The first kappa shape index (κ1) is 24.5. The number of furan rings is 1. The summed E-state index contributed by atoms with van der Waals surface area (Å²) in [6.45, 7) is 1.78. The average Bonchev–Trinajstić information content (AvgIpc) is 3.44. The number of rotatable bonds is 6. The number of alkyl halides is 3. The second kappa shape index (κ2) is 9.53. The van der Waals surface area contributed by atoms with Gasteiger partial charge >= 0.3 is 18.1 Å². The molecule has 1 aromatic heterocycles.